The number of nitrogens with two attached hydrogens (primary N) is 1. The van der Waals surface area contributed by atoms with Crippen LogP contribution in [-0.4, -0.2) is 5.91 Å². The lowest BCUT2D eigenvalue weighted by atomic mass is 10.1. The van der Waals surface area contributed by atoms with E-state index in [9.17, 15) is 4.79 Å². The molecule has 0 bridgehead atoms. The lowest BCUT2D eigenvalue weighted by molar-refractivity contribution is -0.119. The van der Waals surface area contributed by atoms with Gasteiger partial charge in [0.25, 0.3) is 0 Å². The molecule has 0 aromatic rings. The maximum absolute atomic E-state index is 11.0. The second-order valence-corrected chi connectivity index (χ2v) is 4.47. The molecule has 1 aliphatic rings. The van der Waals surface area contributed by atoms with Crippen LogP contribution in [0.3, 0.4) is 0 Å². The SMILES string of the molecule is CC(C)=C[C@H]1C(C(N)=O)C1(C)C. The van der Waals surface area contributed by atoms with Crippen molar-refractivity contribution in [2.45, 2.75) is 27.7 Å². The van der Waals surface area contributed by atoms with Gasteiger partial charge in [0.2, 0.25) is 5.91 Å². The Morgan fingerprint density at radius 2 is 1.92 bits per heavy atom. The molecule has 1 unspecified atom stereocenters. The molecule has 2 atom stereocenters. The number of rotatable bonds is 2. The third-order valence-corrected chi connectivity index (χ3v) is 2.73. The molecule has 1 aliphatic carbocycles. The van der Waals surface area contributed by atoms with Crippen LogP contribution in [0.4, 0.5) is 0 Å². The third kappa shape index (κ3) is 1.38. The summed E-state index contributed by atoms with van der Waals surface area (Å²) < 4.78 is 0. The van der Waals surface area contributed by atoms with E-state index in [1.165, 1.54) is 5.57 Å². The molecular weight excluding hydrogens is 150 g/mol. The summed E-state index contributed by atoms with van der Waals surface area (Å²) in [5.41, 5.74) is 6.62. The van der Waals surface area contributed by atoms with Crippen molar-refractivity contribution in [3.05, 3.63) is 11.6 Å². The van der Waals surface area contributed by atoms with Crippen LogP contribution in [0.25, 0.3) is 0 Å². The Morgan fingerprint density at radius 3 is 2.17 bits per heavy atom. The van der Waals surface area contributed by atoms with Crippen molar-refractivity contribution < 1.29 is 4.79 Å². The summed E-state index contributed by atoms with van der Waals surface area (Å²) in [6, 6.07) is 0. The van der Waals surface area contributed by atoms with Crippen LogP contribution in [0, 0.1) is 17.3 Å². The van der Waals surface area contributed by atoms with Crippen molar-refractivity contribution in [1.82, 2.24) is 0 Å². The van der Waals surface area contributed by atoms with Crippen molar-refractivity contribution in [2.24, 2.45) is 23.0 Å². The lowest BCUT2D eigenvalue weighted by Crippen LogP contribution is -2.16. The van der Waals surface area contributed by atoms with Crippen LogP contribution in [0.5, 0.6) is 0 Å². The van der Waals surface area contributed by atoms with Gasteiger partial charge in [0.05, 0.1) is 5.92 Å². The standard InChI is InChI=1S/C10H17NO/c1-6(2)5-7-8(9(11)12)10(7,3)4/h5,7-8H,1-4H3,(H2,11,12)/t7-,8?/m0/s1. The minimum Gasteiger partial charge on any atom is -0.369 e. The molecule has 0 radical (unpaired) electrons. The van der Waals surface area contributed by atoms with Gasteiger partial charge in [-0.3, -0.25) is 4.79 Å². The van der Waals surface area contributed by atoms with Crippen LogP contribution in [0.15, 0.2) is 11.6 Å². The topological polar surface area (TPSA) is 43.1 Å². The quantitative estimate of drug-likeness (QED) is 0.625. The summed E-state index contributed by atoms with van der Waals surface area (Å²) >= 11 is 0. The van der Waals surface area contributed by atoms with Gasteiger partial charge in [0.1, 0.15) is 0 Å². The van der Waals surface area contributed by atoms with Crippen molar-refractivity contribution in [3.8, 4) is 0 Å². The highest BCUT2D eigenvalue weighted by Crippen LogP contribution is 2.58. The zero-order chi connectivity index (χ0) is 9.52. The number of carbonyl (C=O) groups excluding carboxylic acids is 1. The molecule has 0 aromatic carbocycles. The predicted octanol–water partition coefficient (Wildman–Crippen LogP) is 1.71. The summed E-state index contributed by atoms with van der Waals surface area (Å²) in [7, 11) is 0. The van der Waals surface area contributed by atoms with Gasteiger partial charge < -0.3 is 5.73 Å². The van der Waals surface area contributed by atoms with Crippen LogP contribution < -0.4 is 5.73 Å². The number of primary amides is 1. The van der Waals surface area contributed by atoms with Gasteiger partial charge in [-0.1, -0.05) is 25.5 Å². The first-order valence-corrected chi connectivity index (χ1v) is 4.31. The Balaban J connectivity index is 2.73. The largest absolute Gasteiger partial charge is 0.369 e. The van der Waals surface area contributed by atoms with Crippen molar-refractivity contribution in [3.63, 3.8) is 0 Å². The van der Waals surface area contributed by atoms with E-state index in [0.29, 0.717) is 5.92 Å². The smallest absolute Gasteiger partial charge is 0.221 e. The lowest BCUT2D eigenvalue weighted by Gasteiger charge is -1.97. The average molecular weight is 167 g/mol. The molecule has 0 saturated heterocycles. The normalized spacial score (nSPS) is 31.0. The first kappa shape index (κ1) is 9.30. The van der Waals surface area contributed by atoms with E-state index >= 15 is 0 Å². The van der Waals surface area contributed by atoms with Crippen molar-refractivity contribution in [1.29, 1.82) is 0 Å². The Bertz CT molecular complexity index is 236. The molecule has 1 amide bonds. The molecule has 2 nitrogen and oxygen atoms in total. The molecule has 0 aliphatic heterocycles. The highest BCUT2D eigenvalue weighted by atomic mass is 16.1. The Hall–Kier alpha value is -0.790. The monoisotopic (exact) mass is 167 g/mol. The second-order valence-electron chi connectivity index (χ2n) is 4.47. The van der Waals surface area contributed by atoms with Crippen LogP contribution in [0.2, 0.25) is 0 Å². The van der Waals surface area contributed by atoms with E-state index in [4.69, 9.17) is 5.73 Å². The zero-order valence-electron chi connectivity index (χ0n) is 8.22. The highest BCUT2D eigenvalue weighted by molar-refractivity contribution is 5.81. The van der Waals surface area contributed by atoms with Crippen LogP contribution >= 0.6 is 0 Å². The van der Waals surface area contributed by atoms with Gasteiger partial charge in [-0.2, -0.15) is 0 Å². The third-order valence-electron chi connectivity index (χ3n) is 2.73. The molecule has 0 aromatic heterocycles. The van der Waals surface area contributed by atoms with E-state index in [1.54, 1.807) is 0 Å². The number of allylic oxidation sites excluding steroid dienone is 2. The summed E-state index contributed by atoms with van der Waals surface area (Å²) in [5.74, 6) is 0.245. The molecule has 1 rings (SSSR count). The number of hydrogen-bond acceptors (Lipinski definition) is 1. The fourth-order valence-corrected chi connectivity index (χ4v) is 1.89. The van der Waals surface area contributed by atoms with Gasteiger partial charge in [0, 0.05) is 0 Å². The first-order valence-electron chi connectivity index (χ1n) is 4.31. The van der Waals surface area contributed by atoms with Gasteiger partial charge in [-0.25, -0.2) is 0 Å². The molecule has 1 fully saturated rings. The van der Waals surface area contributed by atoms with Crippen LogP contribution in [0.1, 0.15) is 27.7 Å². The van der Waals surface area contributed by atoms with Gasteiger partial charge in [-0.05, 0) is 25.2 Å². The Kier molecular flexibility index (Phi) is 2.02. The number of hydrogen-bond donors (Lipinski definition) is 1. The average Bonchev–Trinajstić information content (AvgIpc) is 2.32. The zero-order valence-corrected chi connectivity index (χ0v) is 8.22. The van der Waals surface area contributed by atoms with E-state index < -0.39 is 0 Å². The summed E-state index contributed by atoms with van der Waals surface area (Å²) in [5, 5.41) is 0. The number of carbonyl (C=O) groups is 1. The van der Waals surface area contributed by atoms with E-state index in [1.807, 2.05) is 13.8 Å². The summed E-state index contributed by atoms with van der Waals surface area (Å²) in [6.45, 7) is 8.28. The molecule has 68 valence electrons. The van der Waals surface area contributed by atoms with E-state index in [2.05, 4.69) is 19.9 Å². The van der Waals surface area contributed by atoms with E-state index in [0.717, 1.165) is 0 Å². The minimum absolute atomic E-state index is 0.0485. The molecule has 0 spiro atoms. The maximum atomic E-state index is 11.0. The molecule has 2 N–H and O–H groups in total. The number of amides is 1. The summed E-state index contributed by atoms with van der Waals surface area (Å²) in [6.07, 6.45) is 2.15. The Morgan fingerprint density at radius 1 is 1.42 bits per heavy atom. The van der Waals surface area contributed by atoms with Gasteiger partial charge in [0.15, 0.2) is 0 Å². The highest BCUT2D eigenvalue weighted by Gasteiger charge is 2.59. The molecule has 2 heteroatoms. The van der Waals surface area contributed by atoms with Gasteiger partial charge >= 0.3 is 0 Å². The van der Waals surface area contributed by atoms with Crippen molar-refractivity contribution >= 4 is 5.91 Å². The first-order chi connectivity index (χ1) is 5.37. The summed E-state index contributed by atoms with van der Waals surface area (Å²) in [4.78, 5) is 11.0. The molecule has 12 heavy (non-hydrogen) atoms. The Labute approximate surface area is 73.8 Å². The minimum atomic E-state index is -0.164. The molecule has 1 saturated carbocycles. The predicted molar refractivity (Wildman–Crippen MR) is 49.4 cm³/mol. The maximum Gasteiger partial charge on any atom is 0.221 e. The molecule has 0 heterocycles. The fraction of sp³-hybridized carbons (Fsp3) is 0.700. The molecular formula is C10H17NO. The fourth-order valence-electron chi connectivity index (χ4n) is 1.89. The second kappa shape index (κ2) is 2.61. The van der Waals surface area contributed by atoms with Gasteiger partial charge in [-0.15, -0.1) is 0 Å². The van der Waals surface area contributed by atoms with E-state index in [-0.39, 0.29) is 17.2 Å². The van der Waals surface area contributed by atoms with Crippen molar-refractivity contribution in [2.75, 3.05) is 0 Å². The van der Waals surface area contributed by atoms with Crippen LogP contribution in [-0.2, 0) is 4.79 Å².